The topological polar surface area (TPSA) is 161 Å². The normalized spacial score (nSPS) is 12.0. The Bertz CT molecular complexity index is 342. The lowest BCUT2D eigenvalue weighted by Gasteiger charge is -1.96. The number of carbonyl (C=O) groups excluding carboxylic acids is 2. The van der Waals surface area contributed by atoms with E-state index >= 15 is 0 Å². The number of nitrogens with one attached hydrogen (secondary N) is 1. The molecule has 15 heavy (non-hydrogen) atoms. The van der Waals surface area contributed by atoms with Crippen LogP contribution in [0.1, 0.15) is 13.3 Å². The quantitative estimate of drug-likeness (QED) is 0.305. The number of Topliss-reactive ketones (excluding diaryl/α,β-unsaturated/α-hetero) is 1. The van der Waals surface area contributed by atoms with Crippen molar-refractivity contribution in [1.82, 2.24) is 4.72 Å². The summed E-state index contributed by atoms with van der Waals surface area (Å²) in [6.45, 7) is 1.13. The van der Waals surface area contributed by atoms with Gasteiger partial charge in [0.2, 0.25) is 5.91 Å². The van der Waals surface area contributed by atoms with Gasteiger partial charge in [0.25, 0.3) is 0 Å². The lowest BCUT2D eigenvalue weighted by Crippen LogP contribution is -2.30. The molecule has 0 aliphatic heterocycles. The molecule has 90 valence electrons. The van der Waals surface area contributed by atoms with Gasteiger partial charge in [-0.3, -0.25) is 14.1 Å². The molecule has 0 fully saturated rings. The molecule has 3 N–H and O–H groups in total. The van der Waals surface area contributed by atoms with Crippen molar-refractivity contribution in [2.75, 3.05) is 0 Å². The molecule has 0 aliphatic carbocycles. The van der Waals surface area contributed by atoms with E-state index in [0.717, 1.165) is 6.92 Å². The molecule has 0 saturated carbocycles. The van der Waals surface area contributed by atoms with E-state index in [1.165, 1.54) is 4.72 Å². The second-order valence-electron chi connectivity index (χ2n) is 2.10. The van der Waals surface area contributed by atoms with Crippen LogP contribution in [0.15, 0.2) is 0 Å². The zero-order valence-corrected chi connectivity index (χ0v) is 9.00. The van der Waals surface area contributed by atoms with E-state index in [1.54, 1.807) is 0 Å². The number of rotatable bonds is 3. The molecule has 0 rings (SSSR count). The highest BCUT2D eigenvalue weighted by atomic mass is 32.2. The SMILES string of the molecule is CC(=O)CC(=O)NS(=O)(=O)O.O=S([O-])O. The molecule has 11 heteroatoms. The first-order valence-corrected chi connectivity index (χ1v) is 5.57. The maximum atomic E-state index is 10.4. The predicted octanol–water partition coefficient (Wildman–Crippen LogP) is -1.78. The smallest absolute Gasteiger partial charge is 0.359 e. The van der Waals surface area contributed by atoms with Crippen molar-refractivity contribution in [3.63, 3.8) is 0 Å². The summed E-state index contributed by atoms with van der Waals surface area (Å²) in [7, 11) is -4.52. The minimum Gasteiger partial charge on any atom is -0.750 e. The average molecular weight is 262 g/mol. The van der Waals surface area contributed by atoms with E-state index in [9.17, 15) is 18.0 Å². The highest BCUT2D eigenvalue weighted by Crippen LogP contribution is 1.83. The van der Waals surface area contributed by atoms with E-state index in [4.69, 9.17) is 17.9 Å². The van der Waals surface area contributed by atoms with Crippen molar-refractivity contribution in [2.45, 2.75) is 13.3 Å². The van der Waals surface area contributed by atoms with Crippen LogP contribution in [-0.4, -0.2) is 38.0 Å². The van der Waals surface area contributed by atoms with E-state index in [-0.39, 0.29) is 0 Å². The van der Waals surface area contributed by atoms with Crippen LogP contribution in [0.25, 0.3) is 0 Å². The molecule has 0 heterocycles. The molecule has 0 spiro atoms. The maximum absolute atomic E-state index is 10.4. The molecule has 0 bridgehead atoms. The fourth-order valence-corrected chi connectivity index (χ4v) is 0.766. The molecule has 0 aromatic heterocycles. The van der Waals surface area contributed by atoms with Gasteiger partial charge in [0.15, 0.2) is 0 Å². The molecule has 0 radical (unpaired) electrons. The zero-order chi connectivity index (χ0) is 12.6. The molecule has 1 atom stereocenters. The predicted molar refractivity (Wildman–Crippen MR) is 46.5 cm³/mol. The number of hydrogen-bond acceptors (Lipinski definition) is 6. The zero-order valence-electron chi connectivity index (χ0n) is 7.37. The molecule has 0 aromatic carbocycles. The van der Waals surface area contributed by atoms with Crippen LogP contribution < -0.4 is 4.72 Å². The van der Waals surface area contributed by atoms with Gasteiger partial charge in [0, 0.05) is 0 Å². The van der Waals surface area contributed by atoms with Gasteiger partial charge < -0.3 is 9.11 Å². The monoisotopic (exact) mass is 262 g/mol. The van der Waals surface area contributed by atoms with Crippen molar-refractivity contribution in [3.8, 4) is 0 Å². The van der Waals surface area contributed by atoms with E-state index in [0.29, 0.717) is 0 Å². The van der Waals surface area contributed by atoms with Crippen molar-refractivity contribution in [2.24, 2.45) is 0 Å². The first kappa shape index (κ1) is 16.5. The fourth-order valence-electron chi connectivity index (χ4n) is 0.406. The third-order valence-corrected chi connectivity index (χ3v) is 1.14. The summed E-state index contributed by atoms with van der Waals surface area (Å²) >= 11 is -2.86. The maximum Gasteiger partial charge on any atom is 0.359 e. The van der Waals surface area contributed by atoms with Crippen molar-refractivity contribution in [1.29, 1.82) is 0 Å². The van der Waals surface area contributed by atoms with Crippen molar-refractivity contribution >= 4 is 33.4 Å². The summed E-state index contributed by atoms with van der Waals surface area (Å²) in [4.78, 5) is 20.6. The van der Waals surface area contributed by atoms with Crippen LogP contribution in [0.3, 0.4) is 0 Å². The van der Waals surface area contributed by atoms with Crippen LogP contribution in [0.4, 0.5) is 0 Å². The Hall–Kier alpha value is -0.880. The largest absolute Gasteiger partial charge is 0.750 e. The van der Waals surface area contributed by atoms with Crippen LogP contribution in [0.5, 0.6) is 0 Å². The number of ketones is 1. The van der Waals surface area contributed by atoms with Crippen LogP contribution in [0, 0.1) is 0 Å². The fraction of sp³-hybridized carbons (Fsp3) is 0.500. The third-order valence-electron chi connectivity index (χ3n) is 0.652. The van der Waals surface area contributed by atoms with E-state index in [2.05, 4.69) is 0 Å². The van der Waals surface area contributed by atoms with Gasteiger partial charge >= 0.3 is 10.3 Å². The number of amides is 1. The minimum atomic E-state index is -4.52. The Morgan fingerprint density at radius 1 is 1.47 bits per heavy atom. The Kier molecular flexibility index (Phi) is 8.18. The van der Waals surface area contributed by atoms with E-state index in [1.807, 2.05) is 0 Å². The lowest BCUT2D eigenvalue weighted by molar-refractivity contribution is -0.126. The molecular formula is C4H8NO8S2-. The molecule has 1 unspecified atom stereocenters. The summed E-state index contributed by atoms with van der Waals surface area (Å²) in [6, 6.07) is 0. The molecular weight excluding hydrogens is 254 g/mol. The van der Waals surface area contributed by atoms with E-state index < -0.39 is 39.8 Å². The van der Waals surface area contributed by atoms with Gasteiger partial charge in [0.05, 0.1) is 17.8 Å². The molecule has 9 nitrogen and oxygen atoms in total. The first-order valence-electron chi connectivity index (χ1n) is 3.10. The van der Waals surface area contributed by atoms with Crippen LogP contribution in [0.2, 0.25) is 0 Å². The summed E-state index contributed by atoms with van der Waals surface area (Å²) < 4.78 is 53.2. The summed E-state index contributed by atoms with van der Waals surface area (Å²) in [5.41, 5.74) is 0. The molecule has 0 aromatic rings. The van der Waals surface area contributed by atoms with Gasteiger partial charge in [-0.25, -0.2) is 8.93 Å². The molecule has 0 aliphatic rings. The standard InChI is InChI=1S/C4H7NO5S.H2O3S/c1-3(6)2-4(7)5-11(8,9)10;1-4(2)3/h2H2,1H3,(H,5,7)(H,8,9,10);(H2,1,2,3)/p-1. The lowest BCUT2D eigenvalue weighted by atomic mass is 10.3. The average Bonchev–Trinajstić information content (AvgIpc) is 1.76. The van der Waals surface area contributed by atoms with Gasteiger partial charge in [-0.2, -0.15) is 8.42 Å². The highest BCUT2D eigenvalue weighted by molar-refractivity contribution is 7.84. The Morgan fingerprint density at radius 3 is 2.00 bits per heavy atom. The second kappa shape index (κ2) is 7.42. The molecule has 0 saturated heterocycles. The number of hydrogen-bond donors (Lipinski definition) is 3. The van der Waals surface area contributed by atoms with Gasteiger partial charge in [0.1, 0.15) is 5.78 Å². The third kappa shape index (κ3) is 24.6. The Morgan fingerprint density at radius 2 is 1.80 bits per heavy atom. The van der Waals surface area contributed by atoms with Crippen LogP contribution in [-0.2, 0) is 31.3 Å². The van der Waals surface area contributed by atoms with Crippen LogP contribution >= 0.6 is 0 Å². The molecule has 1 amide bonds. The van der Waals surface area contributed by atoms with Crippen molar-refractivity contribution < 1.29 is 35.9 Å². The highest BCUT2D eigenvalue weighted by Gasteiger charge is 2.11. The van der Waals surface area contributed by atoms with Gasteiger partial charge in [-0.05, 0) is 6.92 Å². The minimum absolute atomic E-state index is 0.480. The van der Waals surface area contributed by atoms with Gasteiger partial charge in [-0.15, -0.1) is 0 Å². The Balaban J connectivity index is 0. The number of carbonyl (C=O) groups is 2. The summed E-state index contributed by atoms with van der Waals surface area (Å²) in [6.07, 6.45) is -0.556. The van der Waals surface area contributed by atoms with Crippen molar-refractivity contribution in [3.05, 3.63) is 0 Å². The first-order chi connectivity index (χ1) is 6.54. The summed E-state index contributed by atoms with van der Waals surface area (Å²) in [5, 5.41) is 0. The van der Waals surface area contributed by atoms with Gasteiger partial charge in [-0.1, -0.05) is 0 Å². The Labute approximate surface area is 87.9 Å². The second-order valence-corrected chi connectivity index (χ2v) is 3.68. The summed E-state index contributed by atoms with van der Waals surface area (Å²) in [5.74, 6) is -1.52.